The first-order valence-electron chi connectivity index (χ1n) is 8.59. The second kappa shape index (κ2) is 7.05. The van der Waals surface area contributed by atoms with E-state index in [0.29, 0.717) is 22.0 Å². The number of primary amides is 1. The predicted octanol–water partition coefficient (Wildman–Crippen LogP) is 4.01. The van der Waals surface area contributed by atoms with Gasteiger partial charge in [0.25, 0.3) is 0 Å². The van der Waals surface area contributed by atoms with Gasteiger partial charge in [0, 0.05) is 23.3 Å². The molecule has 0 bridgehead atoms. The highest BCUT2D eigenvalue weighted by molar-refractivity contribution is 6.30. The number of benzene rings is 2. The standard InChI is InChI=1S/C22H21ClN2O2/c1-14-13-18(22(2,21(24)27)16-7-5-4-6-8-16)25(3)19(14)20(26)15-9-11-17(23)12-10-15/h4-13H,1-3H3,(H2,24,27). The molecule has 0 spiro atoms. The van der Waals surface area contributed by atoms with Crippen molar-refractivity contribution in [2.45, 2.75) is 19.3 Å². The van der Waals surface area contributed by atoms with Crippen LogP contribution in [-0.4, -0.2) is 16.3 Å². The Morgan fingerprint density at radius 2 is 1.63 bits per heavy atom. The van der Waals surface area contributed by atoms with E-state index in [1.54, 1.807) is 42.8 Å². The van der Waals surface area contributed by atoms with E-state index in [-0.39, 0.29) is 5.78 Å². The number of aryl methyl sites for hydroxylation is 1. The summed E-state index contributed by atoms with van der Waals surface area (Å²) in [5.74, 6) is -0.599. The summed E-state index contributed by atoms with van der Waals surface area (Å²) in [6, 6.07) is 18.0. The number of halogens is 1. The van der Waals surface area contributed by atoms with Crippen LogP contribution in [0.25, 0.3) is 0 Å². The van der Waals surface area contributed by atoms with E-state index >= 15 is 0 Å². The maximum atomic E-state index is 13.1. The fraction of sp³-hybridized carbons (Fsp3) is 0.182. The number of ketones is 1. The molecule has 0 saturated heterocycles. The third-order valence-corrected chi connectivity index (χ3v) is 5.35. The zero-order chi connectivity index (χ0) is 19.8. The molecule has 3 rings (SSSR count). The van der Waals surface area contributed by atoms with Crippen LogP contribution >= 0.6 is 11.6 Å². The maximum Gasteiger partial charge on any atom is 0.233 e. The van der Waals surface area contributed by atoms with E-state index in [9.17, 15) is 9.59 Å². The van der Waals surface area contributed by atoms with Gasteiger partial charge in [0.2, 0.25) is 11.7 Å². The summed E-state index contributed by atoms with van der Waals surface area (Å²) in [7, 11) is 1.79. The Labute approximate surface area is 163 Å². The molecule has 1 atom stereocenters. The van der Waals surface area contributed by atoms with Crippen molar-refractivity contribution in [1.82, 2.24) is 4.57 Å². The Bertz CT molecular complexity index is 1010. The minimum atomic E-state index is -1.06. The van der Waals surface area contributed by atoms with Crippen molar-refractivity contribution in [2.24, 2.45) is 12.8 Å². The van der Waals surface area contributed by atoms with Gasteiger partial charge in [0.15, 0.2) is 0 Å². The summed E-state index contributed by atoms with van der Waals surface area (Å²) in [5.41, 5.74) is 8.07. The molecule has 0 aliphatic carbocycles. The van der Waals surface area contributed by atoms with Crippen LogP contribution in [0.3, 0.4) is 0 Å². The summed E-state index contributed by atoms with van der Waals surface area (Å²) in [5, 5.41) is 0.571. The fourth-order valence-corrected chi connectivity index (χ4v) is 3.62. The smallest absolute Gasteiger partial charge is 0.233 e. The molecule has 0 fully saturated rings. The van der Waals surface area contributed by atoms with Gasteiger partial charge in [-0.3, -0.25) is 9.59 Å². The number of hydrogen-bond donors (Lipinski definition) is 1. The van der Waals surface area contributed by atoms with Crippen molar-refractivity contribution in [3.05, 3.63) is 93.8 Å². The topological polar surface area (TPSA) is 65.1 Å². The molecule has 0 aliphatic heterocycles. The van der Waals surface area contributed by atoms with Gasteiger partial charge < -0.3 is 10.3 Å². The molecule has 0 saturated carbocycles. The highest BCUT2D eigenvalue weighted by atomic mass is 35.5. The van der Waals surface area contributed by atoms with Crippen molar-refractivity contribution in [3.8, 4) is 0 Å². The van der Waals surface area contributed by atoms with Gasteiger partial charge in [-0.05, 0) is 55.3 Å². The first kappa shape index (κ1) is 18.9. The average Bonchev–Trinajstić information content (AvgIpc) is 2.96. The van der Waals surface area contributed by atoms with Gasteiger partial charge in [-0.15, -0.1) is 0 Å². The monoisotopic (exact) mass is 380 g/mol. The number of carbonyl (C=O) groups excluding carboxylic acids is 2. The molecule has 4 nitrogen and oxygen atoms in total. The average molecular weight is 381 g/mol. The Balaban J connectivity index is 2.16. The van der Waals surface area contributed by atoms with Gasteiger partial charge in [0.1, 0.15) is 5.41 Å². The zero-order valence-corrected chi connectivity index (χ0v) is 16.2. The molecule has 0 aliphatic rings. The number of aromatic nitrogens is 1. The summed E-state index contributed by atoms with van der Waals surface area (Å²) < 4.78 is 1.77. The van der Waals surface area contributed by atoms with Crippen LogP contribution in [0.15, 0.2) is 60.7 Å². The van der Waals surface area contributed by atoms with Crippen LogP contribution in [0.5, 0.6) is 0 Å². The van der Waals surface area contributed by atoms with Crippen molar-refractivity contribution in [3.63, 3.8) is 0 Å². The van der Waals surface area contributed by atoms with Crippen molar-refractivity contribution < 1.29 is 9.59 Å². The van der Waals surface area contributed by atoms with Gasteiger partial charge >= 0.3 is 0 Å². The molecule has 2 aromatic carbocycles. The third-order valence-electron chi connectivity index (χ3n) is 5.10. The number of rotatable bonds is 5. The van der Waals surface area contributed by atoms with Crippen LogP contribution < -0.4 is 5.73 Å². The molecular weight excluding hydrogens is 360 g/mol. The number of amides is 1. The minimum Gasteiger partial charge on any atom is -0.369 e. The molecule has 0 radical (unpaired) electrons. The summed E-state index contributed by atoms with van der Waals surface area (Å²) in [4.78, 5) is 25.5. The molecule has 1 aromatic heterocycles. The second-order valence-electron chi connectivity index (χ2n) is 6.81. The molecule has 5 heteroatoms. The molecule has 1 unspecified atom stereocenters. The lowest BCUT2D eigenvalue weighted by Crippen LogP contribution is -2.41. The number of nitrogens with zero attached hydrogens (tertiary/aromatic N) is 1. The molecule has 3 aromatic rings. The van der Waals surface area contributed by atoms with Crippen LogP contribution in [0, 0.1) is 6.92 Å². The van der Waals surface area contributed by atoms with E-state index in [4.69, 9.17) is 17.3 Å². The lowest BCUT2D eigenvalue weighted by molar-refractivity contribution is -0.121. The quantitative estimate of drug-likeness (QED) is 0.679. The predicted molar refractivity (Wildman–Crippen MR) is 107 cm³/mol. The molecule has 2 N–H and O–H groups in total. The highest BCUT2D eigenvalue weighted by Gasteiger charge is 2.39. The molecule has 27 heavy (non-hydrogen) atoms. The Morgan fingerprint density at radius 3 is 2.19 bits per heavy atom. The lowest BCUT2D eigenvalue weighted by Gasteiger charge is -2.28. The summed E-state index contributed by atoms with van der Waals surface area (Å²) in [6.45, 7) is 3.65. The maximum absolute atomic E-state index is 13.1. The van der Waals surface area contributed by atoms with Gasteiger partial charge in [0.05, 0.1) is 5.69 Å². The van der Waals surface area contributed by atoms with Crippen LogP contribution in [-0.2, 0) is 17.3 Å². The zero-order valence-electron chi connectivity index (χ0n) is 15.5. The van der Waals surface area contributed by atoms with E-state index in [2.05, 4.69) is 0 Å². The van der Waals surface area contributed by atoms with E-state index in [1.807, 2.05) is 43.3 Å². The van der Waals surface area contributed by atoms with E-state index < -0.39 is 11.3 Å². The van der Waals surface area contributed by atoms with Crippen LogP contribution in [0.1, 0.15) is 39.8 Å². The van der Waals surface area contributed by atoms with Crippen molar-refractivity contribution in [1.29, 1.82) is 0 Å². The van der Waals surface area contributed by atoms with Crippen molar-refractivity contribution in [2.75, 3.05) is 0 Å². The van der Waals surface area contributed by atoms with Crippen LogP contribution in [0.4, 0.5) is 0 Å². The minimum absolute atomic E-state index is 0.127. The normalized spacial score (nSPS) is 13.2. The van der Waals surface area contributed by atoms with E-state index in [1.165, 1.54) is 0 Å². The highest BCUT2D eigenvalue weighted by Crippen LogP contribution is 2.34. The Hall–Kier alpha value is -2.85. The van der Waals surface area contributed by atoms with Gasteiger partial charge in [-0.1, -0.05) is 41.9 Å². The fourth-order valence-electron chi connectivity index (χ4n) is 3.49. The number of nitrogens with two attached hydrogens (primary N) is 1. The molecule has 138 valence electrons. The molecule has 1 amide bonds. The largest absolute Gasteiger partial charge is 0.369 e. The van der Waals surface area contributed by atoms with Gasteiger partial charge in [-0.25, -0.2) is 0 Å². The number of carbonyl (C=O) groups is 2. The van der Waals surface area contributed by atoms with Crippen molar-refractivity contribution >= 4 is 23.3 Å². The van der Waals surface area contributed by atoms with Gasteiger partial charge in [-0.2, -0.15) is 0 Å². The molecular formula is C22H21ClN2O2. The SMILES string of the molecule is Cc1cc(C(C)(C(N)=O)c2ccccc2)n(C)c1C(=O)c1ccc(Cl)cc1. The second-order valence-corrected chi connectivity index (χ2v) is 7.25. The summed E-state index contributed by atoms with van der Waals surface area (Å²) in [6.07, 6.45) is 0. The first-order chi connectivity index (χ1) is 12.8. The Kier molecular flexibility index (Phi) is 4.94. The Morgan fingerprint density at radius 1 is 1.04 bits per heavy atom. The van der Waals surface area contributed by atoms with E-state index in [0.717, 1.165) is 11.1 Å². The first-order valence-corrected chi connectivity index (χ1v) is 8.97. The summed E-state index contributed by atoms with van der Waals surface area (Å²) >= 11 is 5.92. The molecule has 1 heterocycles. The van der Waals surface area contributed by atoms with Crippen LogP contribution in [0.2, 0.25) is 5.02 Å². The lowest BCUT2D eigenvalue weighted by atomic mass is 9.78. The number of hydrogen-bond acceptors (Lipinski definition) is 2. The third kappa shape index (κ3) is 3.17.